The number of hydrogen-bond acceptors (Lipinski definition) is 6. The van der Waals surface area contributed by atoms with Crippen LogP contribution >= 0.6 is 0 Å². The molecule has 1 N–H and O–H groups in total. The maximum atomic E-state index is 14.7. The summed E-state index contributed by atoms with van der Waals surface area (Å²) in [6.07, 6.45) is 5.28. The molecule has 7 nitrogen and oxygen atoms in total. The van der Waals surface area contributed by atoms with Gasteiger partial charge in [0.15, 0.2) is 0 Å². The van der Waals surface area contributed by atoms with E-state index in [9.17, 15) is 17.6 Å². The predicted molar refractivity (Wildman–Crippen MR) is 124 cm³/mol. The number of amides is 1. The topological polar surface area (TPSA) is 102 Å². The first-order valence-corrected chi connectivity index (χ1v) is 12.6. The summed E-state index contributed by atoms with van der Waals surface area (Å²) in [7, 11) is -3.07. The molecule has 172 valence electrons. The van der Waals surface area contributed by atoms with E-state index in [2.05, 4.69) is 20.3 Å². The molecular formula is C24H25FN4O3S. The molecular weight excluding hydrogens is 443 g/mol. The van der Waals surface area contributed by atoms with Crippen molar-refractivity contribution in [1.82, 2.24) is 15.0 Å². The normalized spacial score (nSPS) is 16.0. The minimum Gasteiger partial charge on any atom is -0.320 e. The molecule has 0 radical (unpaired) electrons. The molecule has 4 rings (SSSR count). The van der Waals surface area contributed by atoms with Gasteiger partial charge in [0.2, 0.25) is 0 Å². The molecule has 1 aromatic carbocycles. The highest BCUT2D eigenvalue weighted by atomic mass is 32.2. The number of nitrogens with zero attached hydrogens (tertiary/aromatic N) is 3. The van der Waals surface area contributed by atoms with Gasteiger partial charge in [-0.1, -0.05) is 32.0 Å². The van der Waals surface area contributed by atoms with Crippen molar-refractivity contribution in [2.24, 2.45) is 0 Å². The van der Waals surface area contributed by atoms with Gasteiger partial charge in [0, 0.05) is 41.6 Å². The van der Waals surface area contributed by atoms with E-state index in [0.717, 1.165) is 0 Å². The molecule has 0 aliphatic carbocycles. The maximum Gasteiger partial charge on any atom is 0.258 e. The molecule has 1 aliphatic rings. The van der Waals surface area contributed by atoms with E-state index in [1.165, 1.54) is 18.5 Å². The summed E-state index contributed by atoms with van der Waals surface area (Å²) in [4.78, 5) is 26.1. The SMILES string of the molecule is CC(C)c1ncc(C(=O)Nc2c(-c3ccccc3F)ccnc2C2CCS(=O)(=O)CC2)cn1. The number of anilines is 1. The summed E-state index contributed by atoms with van der Waals surface area (Å²) in [5.74, 6) is -0.175. The molecule has 0 unspecified atom stereocenters. The number of pyridine rings is 1. The van der Waals surface area contributed by atoms with Gasteiger partial charge in [-0.2, -0.15) is 0 Å². The van der Waals surface area contributed by atoms with Crippen LogP contribution in [0.4, 0.5) is 10.1 Å². The second-order valence-corrected chi connectivity index (χ2v) is 10.8. The Kier molecular flexibility index (Phi) is 6.51. The number of carbonyl (C=O) groups excluding carboxylic acids is 1. The Morgan fingerprint density at radius 2 is 1.70 bits per heavy atom. The molecule has 33 heavy (non-hydrogen) atoms. The average Bonchev–Trinajstić information content (AvgIpc) is 2.80. The van der Waals surface area contributed by atoms with Crippen LogP contribution in [-0.4, -0.2) is 40.8 Å². The monoisotopic (exact) mass is 468 g/mol. The largest absolute Gasteiger partial charge is 0.320 e. The first kappa shape index (κ1) is 23.0. The molecule has 1 aliphatic heterocycles. The van der Waals surface area contributed by atoms with Gasteiger partial charge >= 0.3 is 0 Å². The van der Waals surface area contributed by atoms with Crippen molar-refractivity contribution >= 4 is 21.4 Å². The highest BCUT2D eigenvalue weighted by Crippen LogP contribution is 2.39. The smallest absolute Gasteiger partial charge is 0.258 e. The lowest BCUT2D eigenvalue weighted by atomic mass is 9.93. The third-order valence-electron chi connectivity index (χ3n) is 5.77. The van der Waals surface area contributed by atoms with Crippen molar-refractivity contribution in [1.29, 1.82) is 0 Å². The molecule has 0 saturated carbocycles. The number of rotatable bonds is 5. The Morgan fingerprint density at radius 1 is 1.03 bits per heavy atom. The van der Waals surface area contributed by atoms with E-state index in [-0.39, 0.29) is 28.9 Å². The summed E-state index contributed by atoms with van der Waals surface area (Å²) in [5.41, 5.74) is 2.01. The van der Waals surface area contributed by atoms with Crippen LogP contribution in [0, 0.1) is 5.82 Å². The van der Waals surface area contributed by atoms with Gasteiger partial charge in [-0.15, -0.1) is 0 Å². The zero-order valence-electron chi connectivity index (χ0n) is 18.5. The fourth-order valence-electron chi connectivity index (χ4n) is 3.93. The van der Waals surface area contributed by atoms with Crippen molar-refractivity contribution in [2.75, 3.05) is 16.8 Å². The average molecular weight is 469 g/mol. The number of nitrogens with one attached hydrogen (secondary N) is 1. The van der Waals surface area contributed by atoms with Crippen LogP contribution in [-0.2, 0) is 9.84 Å². The van der Waals surface area contributed by atoms with Crippen LogP contribution in [0.2, 0.25) is 0 Å². The standard InChI is InChI=1S/C24H25FN4O3S/c1-15(2)23-27-13-17(14-28-23)24(30)29-22-19(18-5-3-4-6-20(18)25)7-10-26-21(22)16-8-11-33(31,32)12-9-16/h3-7,10,13-16H,8-9,11-12H2,1-2H3,(H,29,30). The molecule has 2 aromatic heterocycles. The van der Waals surface area contributed by atoms with Gasteiger partial charge in [-0.25, -0.2) is 22.8 Å². The van der Waals surface area contributed by atoms with Gasteiger partial charge in [-0.3, -0.25) is 9.78 Å². The summed E-state index contributed by atoms with van der Waals surface area (Å²) >= 11 is 0. The number of carbonyl (C=O) groups is 1. The van der Waals surface area contributed by atoms with E-state index in [0.29, 0.717) is 41.2 Å². The Morgan fingerprint density at radius 3 is 2.33 bits per heavy atom. The van der Waals surface area contributed by atoms with E-state index in [1.54, 1.807) is 30.5 Å². The lowest BCUT2D eigenvalue weighted by Crippen LogP contribution is -2.24. The highest BCUT2D eigenvalue weighted by Gasteiger charge is 2.29. The quantitative estimate of drug-likeness (QED) is 0.597. The van der Waals surface area contributed by atoms with Crippen molar-refractivity contribution in [2.45, 2.75) is 38.5 Å². The summed E-state index contributed by atoms with van der Waals surface area (Å²) in [6, 6.07) is 7.95. The lowest BCUT2D eigenvalue weighted by molar-refractivity contribution is 0.102. The van der Waals surface area contributed by atoms with E-state index >= 15 is 0 Å². The van der Waals surface area contributed by atoms with E-state index in [4.69, 9.17) is 0 Å². The molecule has 1 fully saturated rings. The van der Waals surface area contributed by atoms with Crippen LogP contribution in [0.5, 0.6) is 0 Å². The van der Waals surface area contributed by atoms with E-state index < -0.39 is 21.6 Å². The summed E-state index contributed by atoms with van der Waals surface area (Å²) < 4.78 is 38.5. The second kappa shape index (κ2) is 9.35. The Labute approximate surface area is 192 Å². The Bertz CT molecular complexity index is 1260. The van der Waals surface area contributed by atoms with Gasteiger partial charge < -0.3 is 5.32 Å². The van der Waals surface area contributed by atoms with Crippen LogP contribution in [0.3, 0.4) is 0 Å². The number of benzene rings is 1. The molecule has 0 bridgehead atoms. The molecule has 9 heteroatoms. The molecule has 0 atom stereocenters. The van der Waals surface area contributed by atoms with Crippen LogP contribution < -0.4 is 5.32 Å². The second-order valence-electron chi connectivity index (χ2n) is 8.46. The molecule has 1 amide bonds. The van der Waals surface area contributed by atoms with Crippen molar-refractivity contribution < 1.29 is 17.6 Å². The highest BCUT2D eigenvalue weighted by molar-refractivity contribution is 7.91. The molecule has 1 saturated heterocycles. The van der Waals surface area contributed by atoms with Crippen molar-refractivity contribution in [3.63, 3.8) is 0 Å². The fourth-order valence-corrected chi connectivity index (χ4v) is 5.42. The third-order valence-corrected chi connectivity index (χ3v) is 7.49. The summed E-state index contributed by atoms with van der Waals surface area (Å²) in [6.45, 7) is 3.92. The third kappa shape index (κ3) is 5.08. The van der Waals surface area contributed by atoms with Gasteiger partial charge in [0.05, 0.1) is 28.5 Å². The van der Waals surface area contributed by atoms with Gasteiger partial charge in [-0.05, 0) is 25.0 Å². The fraction of sp³-hybridized carbons (Fsp3) is 0.333. The van der Waals surface area contributed by atoms with Crippen LogP contribution in [0.25, 0.3) is 11.1 Å². The first-order valence-electron chi connectivity index (χ1n) is 10.8. The first-order chi connectivity index (χ1) is 15.7. The zero-order valence-corrected chi connectivity index (χ0v) is 19.3. The Hall–Kier alpha value is -3.20. The molecule has 3 aromatic rings. The number of halogens is 1. The lowest BCUT2D eigenvalue weighted by Gasteiger charge is -2.25. The molecule has 0 spiro atoms. The van der Waals surface area contributed by atoms with E-state index in [1.807, 2.05) is 13.8 Å². The predicted octanol–water partition coefficient (Wildman–Crippen LogP) is 4.35. The maximum absolute atomic E-state index is 14.7. The summed E-state index contributed by atoms with van der Waals surface area (Å²) in [5, 5.41) is 2.89. The van der Waals surface area contributed by atoms with Crippen LogP contribution in [0.15, 0.2) is 48.9 Å². The Balaban J connectivity index is 1.75. The minimum atomic E-state index is -3.07. The van der Waals surface area contributed by atoms with Crippen molar-refractivity contribution in [3.05, 3.63) is 71.8 Å². The zero-order chi connectivity index (χ0) is 23.6. The number of hydrogen-bond donors (Lipinski definition) is 1. The molecule has 3 heterocycles. The van der Waals surface area contributed by atoms with Gasteiger partial charge in [0.25, 0.3) is 5.91 Å². The van der Waals surface area contributed by atoms with Gasteiger partial charge in [0.1, 0.15) is 21.5 Å². The number of aromatic nitrogens is 3. The van der Waals surface area contributed by atoms with Crippen LogP contribution in [0.1, 0.15) is 60.4 Å². The minimum absolute atomic E-state index is 0.0567. The van der Waals surface area contributed by atoms with Crippen molar-refractivity contribution in [3.8, 4) is 11.1 Å². The number of sulfone groups is 1.